The topological polar surface area (TPSA) is 72.6 Å². The average molecular weight is 266 g/mol. The van der Waals surface area contributed by atoms with Gasteiger partial charge in [0.25, 0.3) is 0 Å². The van der Waals surface area contributed by atoms with Gasteiger partial charge in [-0.15, -0.1) is 0 Å². The summed E-state index contributed by atoms with van der Waals surface area (Å²) in [7, 11) is 0. The maximum Gasteiger partial charge on any atom is 0.358 e. The molecule has 1 aromatic carbocycles. The van der Waals surface area contributed by atoms with E-state index in [4.69, 9.17) is 26.0 Å². The summed E-state index contributed by atoms with van der Waals surface area (Å²) < 4.78 is 10.5. The van der Waals surface area contributed by atoms with Crippen molar-refractivity contribution in [1.29, 1.82) is 0 Å². The summed E-state index contributed by atoms with van der Waals surface area (Å²) in [5, 5.41) is 12.8. The van der Waals surface area contributed by atoms with Crippen LogP contribution in [0.15, 0.2) is 22.7 Å². The number of rotatable bonds is 2. The highest BCUT2D eigenvalue weighted by molar-refractivity contribution is 6.31. The second-order valence-electron chi connectivity index (χ2n) is 3.92. The van der Waals surface area contributed by atoms with Crippen LogP contribution >= 0.6 is 11.6 Å². The number of nitrogens with zero attached hydrogens (tertiary/aromatic N) is 1. The third-order valence-corrected chi connectivity index (χ3v) is 2.96. The molecule has 5 nitrogen and oxygen atoms in total. The number of carboxylic acid groups (broad SMARTS) is 1. The molecule has 1 aromatic heterocycles. The quantitative estimate of drug-likeness (QED) is 0.904. The van der Waals surface area contributed by atoms with Crippen molar-refractivity contribution < 1.29 is 19.2 Å². The molecule has 2 aromatic rings. The van der Waals surface area contributed by atoms with Gasteiger partial charge in [-0.25, -0.2) is 4.79 Å². The fourth-order valence-corrected chi connectivity index (χ4v) is 2.20. The molecule has 0 fully saturated rings. The summed E-state index contributed by atoms with van der Waals surface area (Å²) in [5.41, 5.74) is 1.48. The van der Waals surface area contributed by atoms with Gasteiger partial charge in [0.1, 0.15) is 5.75 Å². The molecule has 3 rings (SSSR count). The fourth-order valence-electron chi connectivity index (χ4n) is 1.96. The molecule has 18 heavy (non-hydrogen) atoms. The molecule has 0 aliphatic carbocycles. The van der Waals surface area contributed by atoms with Gasteiger partial charge >= 0.3 is 5.97 Å². The highest BCUT2D eigenvalue weighted by Crippen LogP contribution is 2.39. The van der Waals surface area contributed by atoms with Crippen molar-refractivity contribution in [3.63, 3.8) is 0 Å². The average Bonchev–Trinajstić information content (AvgIpc) is 2.95. The van der Waals surface area contributed by atoms with Crippen LogP contribution in [-0.4, -0.2) is 22.8 Å². The number of hydrogen-bond donors (Lipinski definition) is 1. The summed E-state index contributed by atoms with van der Waals surface area (Å²) in [5.74, 6) is -0.106. The third kappa shape index (κ3) is 1.73. The number of halogens is 1. The predicted octanol–water partition coefficient (Wildman–Crippen LogP) is 2.63. The fraction of sp³-hybridized carbons (Fsp3) is 0.167. The minimum absolute atomic E-state index is 0.142. The van der Waals surface area contributed by atoms with Gasteiger partial charge in [0.2, 0.25) is 0 Å². The first-order valence-corrected chi connectivity index (χ1v) is 5.68. The van der Waals surface area contributed by atoms with Crippen LogP contribution < -0.4 is 4.74 Å². The highest BCUT2D eigenvalue weighted by Gasteiger charge is 2.22. The second kappa shape index (κ2) is 4.03. The molecule has 0 unspecified atom stereocenters. The van der Waals surface area contributed by atoms with Gasteiger partial charge in [-0.05, 0) is 17.7 Å². The number of aromatic nitrogens is 1. The van der Waals surface area contributed by atoms with E-state index in [-0.39, 0.29) is 5.69 Å². The molecule has 6 heteroatoms. The van der Waals surface area contributed by atoms with Crippen LogP contribution in [0, 0.1) is 0 Å². The Morgan fingerprint density at radius 1 is 1.39 bits per heavy atom. The van der Waals surface area contributed by atoms with Gasteiger partial charge in [-0.1, -0.05) is 16.8 Å². The van der Waals surface area contributed by atoms with E-state index in [1.165, 1.54) is 6.07 Å². The monoisotopic (exact) mass is 265 g/mol. The normalized spacial score (nSPS) is 13.2. The van der Waals surface area contributed by atoms with E-state index in [1.54, 1.807) is 6.07 Å². The van der Waals surface area contributed by atoms with Crippen LogP contribution in [0.25, 0.3) is 11.3 Å². The molecule has 0 amide bonds. The van der Waals surface area contributed by atoms with Crippen molar-refractivity contribution in [2.75, 3.05) is 6.61 Å². The largest absolute Gasteiger partial charge is 0.492 e. The van der Waals surface area contributed by atoms with Gasteiger partial charge in [-0.3, -0.25) is 0 Å². The van der Waals surface area contributed by atoms with E-state index < -0.39 is 5.97 Å². The summed E-state index contributed by atoms with van der Waals surface area (Å²) >= 11 is 6.01. The lowest BCUT2D eigenvalue weighted by Crippen LogP contribution is -1.94. The molecule has 1 N–H and O–H groups in total. The first-order chi connectivity index (χ1) is 8.65. The molecular formula is C12H8ClNO4. The lowest BCUT2D eigenvalue weighted by Gasteiger charge is -2.05. The lowest BCUT2D eigenvalue weighted by atomic mass is 10.1. The van der Waals surface area contributed by atoms with Crippen molar-refractivity contribution in [2.24, 2.45) is 0 Å². The summed E-state index contributed by atoms with van der Waals surface area (Å²) in [4.78, 5) is 10.8. The Morgan fingerprint density at radius 2 is 2.22 bits per heavy atom. The number of ether oxygens (including phenoxy) is 1. The minimum atomic E-state index is -1.13. The van der Waals surface area contributed by atoms with E-state index >= 15 is 0 Å². The van der Waals surface area contributed by atoms with Crippen LogP contribution in [0.5, 0.6) is 5.75 Å². The lowest BCUT2D eigenvalue weighted by molar-refractivity contribution is 0.0686. The molecule has 2 heterocycles. The first-order valence-electron chi connectivity index (χ1n) is 5.31. The van der Waals surface area contributed by atoms with Crippen molar-refractivity contribution in [3.05, 3.63) is 34.5 Å². The van der Waals surface area contributed by atoms with E-state index in [0.717, 1.165) is 12.0 Å². The van der Waals surface area contributed by atoms with Crippen LogP contribution in [-0.2, 0) is 6.42 Å². The van der Waals surface area contributed by atoms with Crippen LogP contribution in [0.1, 0.15) is 16.1 Å². The molecule has 0 atom stereocenters. The summed E-state index contributed by atoms with van der Waals surface area (Å²) in [6.45, 7) is 0.586. The van der Waals surface area contributed by atoms with Crippen LogP contribution in [0.4, 0.5) is 0 Å². The zero-order chi connectivity index (χ0) is 12.7. The molecule has 0 spiro atoms. The van der Waals surface area contributed by atoms with Crippen molar-refractivity contribution in [1.82, 2.24) is 5.16 Å². The standard InChI is InChI=1S/C12H8ClNO4/c13-7-3-6-1-2-17-11(6)8(4-7)10-5-9(12(15)16)14-18-10/h3-5H,1-2H2,(H,15,16). The number of hydrogen-bond acceptors (Lipinski definition) is 4. The van der Waals surface area contributed by atoms with Gasteiger partial charge < -0.3 is 14.4 Å². The van der Waals surface area contributed by atoms with Gasteiger partial charge in [0, 0.05) is 17.5 Å². The number of carboxylic acids is 1. The number of carbonyl (C=O) groups is 1. The van der Waals surface area contributed by atoms with E-state index in [1.807, 2.05) is 6.07 Å². The number of fused-ring (bicyclic) bond motifs is 1. The molecular weight excluding hydrogens is 258 g/mol. The SMILES string of the molecule is O=C(O)c1cc(-c2cc(Cl)cc3c2OCC3)on1. The molecule has 0 bridgehead atoms. The Hall–Kier alpha value is -2.01. The first kappa shape index (κ1) is 11.1. The van der Waals surface area contributed by atoms with Gasteiger partial charge in [-0.2, -0.15) is 0 Å². The Balaban J connectivity index is 2.13. The van der Waals surface area contributed by atoms with Gasteiger partial charge in [0.15, 0.2) is 11.5 Å². The molecule has 0 radical (unpaired) electrons. The Kier molecular flexibility index (Phi) is 2.48. The van der Waals surface area contributed by atoms with Gasteiger partial charge in [0.05, 0.1) is 12.2 Å². The minimum Gasteiger partial charge on any atom is -0.492 e. The van der Waals surface area contributed by atoms with Crippen molar-refractivity contribution in [3.8, 4) is 17.1 Å². The zero-order valence-corrected chi connectivity index (χ0v) is 9.90. The summed E-state index contributed by atoms with van der Waals surface area (Å²) in [6.07, 6.45) is 0.781. The van der Waals surface area contributed by atoms with Crippen molar-refractivity contribution in [2.45, 2.75) is 6.42 Å². The molecule has 1 aliphatic heterocycles. The van der Waals surface area contributed by atoms with E-state index in [9.17, 15) is 4.79 Å². The number of aromatic carboxylic acids is 1. The molecule has 1 aliphatic rings. The second-order valence-corrected chi connectivity index (χ2v) is 4.36. The maximum absolute atomic E-state index is 10.8. The Bertz CT molecular complexity index is 635. The smallest absolute Gasteiger partial charge is 0.358 e. The predicted molar refractivity (Wildman–Crippen MR) is 63.1 cm³/mol. The Labute approximate surface area is 107 Å². The maximum atomic E-state index is 10.8. The number of benzene rings is 1. The van der Waals surface area contributed by atoms with E-state index in [0.29, 0.717) is 28.7 Å². The summed E-state index contributed by atoms with van der Waals surface area (Å²) in [6, 6.07) is 4.87. The molecule has 0 saturated carbocycles. The molecule has 92 valence electrons. The molecule has 0 saturated heterocycles. The third-order valence-electron chi connectivity index (χ3n) is 2.74. The van der Waals surface area contributed by atoms with E-state index in [2.05, 4.69) is 5.16 Å². The Morgan fingerprint density at radius 3 is 2.94 bits per heavy atom. The van der Waals surface area contributed by atoms with Crippen LogP contribution in [0.3, 0.4) is 0 Å². The highest BCUT2D eigenvalue weighted by atomic mass is 35.5. The zero-order valence-electron chi connectivity index (χ0n) is 9.14. The van der Waals surface area contributed by atoms with Crippen LogP contribution in [0.2, 0.25) is 5.02 Å². The van der Waals surface area contributed by atoms with Crippen molar-refractivity contribution >= 4 is 17.6 Å².